The molecule has 1 aliphatic heterocycles. The van der Waals surface area contributed by atoms with E-state index in [0.29, 0.717) is 17.4 Å². The molecule has 0 bridgehead atoms. The highest BCUT2D eigenvalue weighted by Crippen LogP contribution is 2.18. The van der Waals surface area contributed by atoms with E-state index in [1.807, 2.05) is 6.07 Å². The zero-order valence-electron chi connectivity index (χ0n) is 16.0. The Hall–Kier alpha value is -0.940. The predicted octanol–water partition coefficient (Wildman–Crippen LogP) is 2.38. The van der Waals surface area contributed by atoms with Crippen molar-refractivity contribution in [2.24, 2.45) is 4.99 Å². The van der Waals surface area contributed by atoms with Gasteiger partial charge in [-0.25, -0.2) is 4.39 Å². The lowest BCUT2D eigenvalue weighted by Crippen LogP contribution is -2.52. The van der Waals surface area contributed by atoms with E-state index in [1.54, 1.807) is 38.2 Å². The number of halogens is 3. The number of hydrogen-bond acceptors (Lipinski definition) is 3. The highest BCUT2D eigenvalue weighted by molar-refractivity contribution is 14.0. The van der Waals surface area contributed by atoms with Gasteiger partial charge < -0.3 is 15.1 Å². The molecule has 9 heteroatoms. The highest BCUT2D eigenvalue weighted by atomic mass is 127. The Morgan fingerprint density at radius 3 is 2.52 bits per heavy atom. The topological polar surface area (TPSA) is 51.2 Å². The minimum atomic E-state index is -0.224. The fraction of sp³-hybridized carbons (Fsp3) is 0.556. The smallest absolute Gasteiger partial charge is 0.223 e. The molecule has 0 spiro atoms. The van der Waals surface area contributed by atoms with Crippen molar-refractivity contribution >= 4 is 51.8 Å². The number of benzene rings is 1. The van der Waals surface area contributed by atoms with Crippen molar-refractivity contribution in [3.8, 4) is 0 Å². The Labute approximate surface area is 186 Å². The van der Waals surface area contributed by atoms with Crippen molar-refractivity contribution < 1.29 is 9.18 Å². The maximum Gasteiger partial charge on any atom is 0.223 e. The summed E-state index contributed by atoms with van der Waals surface area (Å²) in [6, 6.07) is 5.28. The average Bonchev–Trinajstić information content (AvgIpc) is 2.62. The first-order valence-corrected chi connectivity index (χ1v) is 9.52. The fourth-order valence-corrected chi connectivity index (χ4v) is 3.10. The Morgan fingerprint density at radius 1 is 1.30 bits per heavy atom. The second kappa shape index (κ2) is 11.8. The van der Waals surface area contributed by atoms with Gasteiger partial charge in [0.05, 0.1) is 4.47 Å². The zero-order chi connectivity index (χ0) is 19.1. The largest absolute Gasteiger partial charge is 0.356 e. The average molecular weight is 556 g/mol. The van der Waals surface area contributed by atoms with E-state index in [-0.39, 0.29) is 35.7 Å². The molecule has 1 amide bonds. The van der Waals surface area contributed by atoms with E-state index in [2.05, 4.69) is 36.0 Å². The number of amides is 1. The number of piperazine rings is 1. The first-order chi connectivity index (χ1) is 12.4. The molecule has 0 aromatic heterocycles. The van der Waals surface area contributed by atoms with Crippen molar-refractivity contribution in [2.75, 3.05) is 53.9 Å². The number of guanidine groups is 1. The second-order valence-electron chi connectivity index (χ2n) is 6.52. The summed E-state index contributed by atoms with van der Waals surface area (Å²) in [5, 5.41) is 3.26. The summed E-state index contributed by atoms with van der Waals surface area (Å²) in [4.78, 5) is 22.1. The van der Waals surface area contributed by atoms with Crippen LogP contribution in [0, 0.1) is 5.82 Å². The van der Waals surface area contributed by atoms with Gasteiger partial charge in [0.15, 0.2) is 5.96 Å². The van der Waals surface area contributed by atoms with Gasteiger partial charge in [-0.15, -0.1) is 24.0 Å². The van der Waals surface area contributed by atoms with Gasteiger partial charge in [0.1, 0.15) is 5.82 Å². The van der Waals surface area contributed by atoms with Gasteiger partial charge in [0.2, 0.25) is 5.91 Å². The summed E-state index contributed by atoms with van der Waals surface area (Å²) in [5.41, 5.74) is 0.976. The van der Waals surface area contributed by atoms with Gasteiger partial charge in [-0.05, 0) is 33.6 Å². The Kier molecular flexibility index (Phi) is 10.5. The van der Waals surface area contributed by atoms with Crippen LogP contribution in [0.2, 0.25) is 0 Å². The van der Waals surface area contributed by atoms with Crippen LogP contribution in [-0.2, 0) is 11.3 Å². The summed E-state index contributed by atoms with van der Waals surface area (Å²) in [7, 11) is 5.27. The number of rotatable bonds is 5. The normalized spacial score (nSPS) is 15.3. The lowest BCUT2D eigenvalue weighted by atomic mass is 10.2. The molecular weight excluding hydrogens is 528 g/mol. The minimum Gasteiger partial charge on any atom is -0.356 e. The molecular formula is C18H28BrFIN5O. The number of carbonyl (C=O) groups is 1. The molecule has 1 saturated heterocycles. The molecule has 27 heavy (non-hydrogen) atoms. The molecule has 0 radical (unpaired) electrons. The van der Waals surface area contributed by atoms with Gasteiger partial charge in [-0.2, -0.15) is 0 Å². The van der Waals surface area contributed by atoms with Crippen LogP contribution in [0.4, 0.5) is 4.39 Å². The molecule has 1 heterocycles. The van der Waals surface area contributed by atoms with Crippen LogP contribution < -0.4 is 5.32 Å². The van der Waals surface area contributed by atoms with Crippen LogP contribution in [0.15, 0.2) is 27.7 Å². The SMILES string of the molecule is CN=C(NCCC(=O)N(C)C)N1CCN(Cc2ccc(Br)c(F)c2)CC1.I. The summed E-state index contributed by atoms with van der Waals surface area (Å²) in [6.45, 7) is 4.77. The highest BCUT2D eigenvalue weighted by Gasteiger charge is 2.20. The third-order valence-electron chi connectivity index (χ3n) is 4.39. The monoisotopic (exact) mass is 555 g/mol. The number of nitrogens with one attached hydrogen (secondary N) is 1. The first kappa shape index (κ1) is 24.1. The quantitative estimate of drug-likeness (QED) is 0.344. The van der Waals surface area contributed by atoms with Crippen LogP contribution in [0.25, 0.3) is 0 Å². The predicted molar refractivity (Wildman–Crippen MR) is 121 cm³/mol. The van der Waals surface area contributed by atoms with E-state index in [4.69, 9.17) is 0 Å². The van der Waals surface area contributed by atoms with E-state index in [9.17, 15) is 9.18 Å². The summed E-state index contributed by atoms with van der Waals surface area (Å²) in [5.74, 6) is 0.698. The van der Waals surface area contributed by atoms with Gasteiger partial charge in [0, 0.05) is 66.8 Å². The maximum absolute atomic E-state index is 13.6. The third-order valence-corrected chi connectivity index (χ3v) is 5.04. The zero-order valence-corrected chi connectivity index (χ0v) is 20.0. The second-order valence-corrected chi connectivity index (χ2v) is 7.38. The van der Waals surface area contributed by atoms with Crippen LogP contribution in [0.3, 0.4) is 0 Å². The van der Waals surface area contributed by atoms with Crippen molar-refractivity contribution in [1.82, 2.24) is 20.0 Å². The molecule has 1 aromatic carbocycles. The Morgan fingerprint density at radius 2 is 1.96 bits per heavy atom. The van der Waals surface area contributed by atoms with Crippen molar-refractivity contribution in [2.45, 2.75) is 13.0 Å². The first-order valence-electron chi connectivity index (χ1n) is 8.72. The van der Waals surface area contributed by atoms with Gasteiger partial charge in [-0.3, -0.25) is 14.7 Å². The number of nitrogens with zero attached hydrogens (tertiary/aromatic N) is 4. The van der Waals surface area contributed by atoms with E-state index >= 15 is 0 Å². The molecule has 0 aliphatic carbocycles. The Balaban J connectivity index is 0.00000364. The summed E-state index contributed by atoms with van der Waals surface area (Å²) >= 11 is 3.18. The number of hydrogen-bond donors (Lipinski definition) is 1. The van der Waals surface area contributed by atoms with E-state index < -0.39 is 0 Å². The molecule has 0 atom stereocenters. The Bertz CT molecular complexity index is 651. The molecule has 0 unspecified atom stereocenters. The van der Waals surface area contributed by atoms with Crippen molar-refractivity contribution in [3.05, 3.63) is 34.1 Å². The van der Waals surface area contributed by atoms with Crippen LogP contribution in [0.1, 0.15) is 12.0 Å². The van der Waals surface area contributed by atoms with Crippen molar-refractivity contribution in [3.63, 3.8) is 0 Å². The molecule has 0 saturated carbocycles. The standard InChI is InChI=1S/C18H27BrFN5O.HI/c1-21-18(22-7-6-17(26)23(2)3)25-10-8-24(9-11-25)13-14-4-5-15(19)16(20)12-14;/h4-5,12H,6-11,13H2,1-3H3,(H,21,22);1H. The molecule has 1 fully saturated rings. The molecule has 152 valence electrons. The minimum absolute atomic E-state index is 0. The fourth-order valence-electron chi connectivity index (χ4n) is 2.85. The van der Waals surface area contributed by atoms with Crippen molar-refractivity contribution in [1.29, 1.82) is 0 Å². The van der Waals surface area contributed by atoms with Crippen LogP contribution in [0.5, 0.6) is 0 Å². The van der Waals surface area contributed by atoms with E-state index in [0.717, 1.165) is 44.2 Å². The maximum atomic E-state index is 13.6. The van der Waals surface area contributed by atoms with Gasteiger partial charge >= 0.3 is 0 Å². The lowest BCUT2D eigenvalue weighted by molar-refractivity contribution is -0.128. The third kappa shape index (κ3) is 7.53. The molecule has 1 aliphatic rings. The summed E-state index contributed by atoms with van der Waals surface area (Å²) < 4.78 is 14.1. The van der Waals surface area contributed by atoms with E-state index in [1.165, 1.54) is 0 Å². The summed E-state index contributed by atoms with van der Waals surface area (Å²) in [6.07, 6.45) is 0.446. The van der Waals surface area contributed by atoms with Crippen LogP contribution in [-0.4, -0.2) is 80.4 Å². The van der Waals surface area contributed by atoms with Gasteiger partial charge in [-0.1, -0.05) is 6.07 Å². The molecule has 1 N–H and O–H groups in total. The lowest BCUT2D eigenvalue weighted by Gasteiger charge is -2.36. The molecule has 1 aromatic rings. The van der Waals surface area contributed by atoms with Gasteiger partial charge in [0.25, 0.3) is 0 Å². The van der Waals surface area contributed by atoms with Crippen LogP contribution >= 0.6 is 39.9 Å². The number of carbonyl (C=O) groups excluding carboxylic acids is 1. The molecule has 2 rings (SSSR count). The molecule has 6 nitrogen and oxygen atoms in total. The number of aliphatic imine (C=N–C) groups is 1.